The number of nitrogens with zero attached hydrogens (tertiary/aromatic N) is 2. The van der Waals surface area contributed by atoms with Crippen molar-refractivity contribution >= 4 is 34.5 Å². The van der Waals surface area contributed by atoms with Gasteiger partial charge in [0.05, 0.1) is 6.54 Å². The molecule has 3 heterocycles. The Hall–Kier alpha value is -4.96. The van der Waals surface area contributed by atoms with Crippen molar-refractivity contribution in [3.8, 4) is 0 Å². The van der Waals surface area contributed by atoms with E-state index in [4.69, 9.17) is 5.73 Å². The standard InChI is InChI=1S/C38H44N6O4/c39-20-10-9-17-34(36(46)40-24-26-11-3-1-4-12-26)44-25-33-30(29-15-7-8-16-31(29)41-33)23-32(38(44)48)42-35(45)27-18-21-43(22-19-27)37(47)28-13-5-2-6-14-28/h1-8,11-16,27,32,34,41H,9-10,17-25,39H2,(H,40,46)(H,42,45)/t32-,34+/m1/s1. The van der Waals surface area contributed by atoms with Crippen molar-refractivity contribution in [1.29, 1.82) is 0 Å². The summed E-state index contributed by atoms with van der Waals surface area (Å²) in [4.78, 5) is 62.0. The van der Waals surface area contributed by atoms with Gasteiger partial charge in [0, 0.05) is 54.1 Å². The van der Waals surface area contributed by atoms with Crippen molar-refractivity contribution in [2.24, 2.45) is 11.7 Å². The van der Waals surface area contributed by atoms with E-state index in [0.717, 1.165) is 34.1 Å². The van der Waals surface area contributed by atoms with Crippen molar-refractivity contribution in [3.63, 3.8) is 0 Å². The molecule has 1 aromatic heterocycles. The molecule has 0 unspecified atom stereocenters. The number of amides is 4. The third kappa shape index (κ3) is 7.44. The molecule has 250 valence electrons. The number of nitrogens with two attached hydrogens (primary N) is 1. The molecule has 4 amide bonds. The second-order valence-electron chi connectivity index (χ2n) is 12.8. The molecule has 0 aliphatic carbocycles. The number of nitrogens with one attached hydrogen (secondary N) is 3. The molecule has 1 fully saturated rings. The van der Waals surface area contributed by atoms with Crippen LogP contribution in [0.1, 0.15) is 59.3 Å². The van der Waals surface area contributed by atoms with Crippen LogP contribution in [0.5, 0.6) is 0 Å². The molecule has 10 heteroatoms. The molecule has 4 aromatic rings. The molecule has 2 atom stereocenters. The lowest BCUT2D eigenvalue weighted by molar-refractivity contribution is -0.144. The van der Waals surface area contributed by atoms with Gasteiger partial charge in [-0.2, -0.15) is 0 Å². The molecule has 3 aromatic carbocycles. The molecular weight excluding hydrogens is 604 g/mol. The summed E-state index contributed by atoms with van der Waals surface area (Å²) < 4.78 is 0. The zero-order valence-electron chi connectivity index (χ0n) is 27.2. The maximum Gasteiger partial charge on any atom is 0.253 e. The van der Waals surface area contributed by atoms with Crippen LogP contribution in [0, 0.1) is 5.92 Å². The van der Waals surface area contributed by atoms with Gasteiger partial charge in [0.25, 0.3) is 5.91 Å². The first-order chi connectivity index (χ1) is 23.4. The Bertz CT molecular complexity index is 1730. The molecule has 0 bridgehead atoms. The van der Waals surface area contributed by atoms with E-state index in [1.54, 1.807) is 21.9 Å². The molecule has 5 N–H and O–H groups in total. The quantitative estimate of drug-likeness (QED) is 0.183. The fourth-order valence-electron chi connectivity index (χ4n) is 6.95. The van der Waals surface area contributed by atoms with E-state index in [1.165, 1.54) is 0 Å². The molecule has 0 radical (unpaired) electrons. The Balaban J connectivity index is 1.22. The number of benzene rings is 3. The highest BCUT2D eigenvalue weighted by atomic mass is 16.2. The number of unbranched alkanes of at least 4 members (excludes halogenated alkanes) is 1. The topological polar surface area (TPSA) is 141 Å². The summed E-state index contributed by atoms with van der Waals surface area (Å²) in [6.45, 7) is 1.99. The Morgan fingerprint density at radius 2 is 1.58 bits per heavy atom. The van der Waals surface area contributed by atoms with Gasteiger partial charge in [-0.05, 0) is 68.0 Å². The summed E-state index contributed by atoms with van der Waals surface area (Å²) in [5, 5.41) is 7.15. The first kappa shape index (κ1) is 33.0. The van der Waals surface area contributed by atoms with Gasteiger partial charge in [-0.1, -0.05) is 66.7 Å². The number of fused-ring (bicyclic) bond motifs is 3. The van der Waals surface area contributed by atoms with Crippen molar-refractivity contribution in [1.82, 2.24) is 25.4 Å². The van der Waals surface area contributed by atoms with E-state index in [-0.39, 0.29) is 36.1 Å². The molecule has 48 heavy (non-hydrogen) atoms. The van der Waals surface area contributed by atoms with Crippen molar-refractivity contribution < 1.29 is 19.2 Å². The fourth-order valence-corrected chi connectivity index (χ4v) is 6.95. The summed E-state index contributed by atoms with van der Waals surface area (Å²) in [6.07, 6.45) is 3.20. The number of carbonyl (C=O) groups excluding carboxylic acids is 4. The minimum atomic E-state index is -0.846. The molecule has 10 nitrogen and oxygen atoms in total. The Labute approximate surface area is 281 Å². The lowest BCUT2D eigenvalue weighted by atomic mass is 9.94. The van der Waals surface area contributed by atoms with E-state index in [2.05, 4.69) is 15.6 Å². The number of rotatable bonds is 11. The maximum absolute atomic E-state index is 14.5. The predicted octanol–water partition coefficient (Wildman–Crippen LogP) is 3.90. The van der Waals surface area contributed by atoms with E-state index in [0.29, 0.717) is 63.8 Å². The number of hydrogen-bond acceptors (Lipinski definition) is 5. The summed E-state index contributed by atoms with van der Waals surface area (Å²) in [7, 11) is 0. The van der Waals surface area contributed by atoms with Gasteiger partial charge in [0.2, 0.25) is 17.7 Å². The fraction of sp³-hybridized carbons (Fsp3) is 0.368. The Morgan fingerprint density at radius 3 is 2.31 bits per heavy atom. The lowest BCUT2D eigenvalue weighted by Gasteiger charge is -2.34. The Morgan fingerprint density at radius 1 is 0.896 bits per heavy atom. The number of carbonyl (C=O) groups is 4. The van der Waals surface area contributed by atoms with E-state index < -0.39 is 12.1 Å². The highest BCUT2D eigenvalue weighted by Gasteiger charge is 2.39. The average molecular weight is 649 g/mol. The number of para-hydroxylation sites is 1. The van der Waals surface area contributed by atoms with Crippen LogP contribution in [-0.4, -0.2) is 70.1 Å². The van der Waals surface area contributed by atoms with E-state index in [9.17, 15) is 19.2 Å². The average Bonchev–Trinajstić information content (AvgIpc) is 3.41. The molecule has 6 rings (SSSR count). The van der Waals surface area contributed by atoms with Crippen LogP contribution in [0.25, 0.3) is 10.9 Å². The highest BCUT2D eigenvalue weighted by molar-refractivity contribution is 5.96. The second kappa shape index (κ2) is 15.3. The number of aromatic amines is 1. The summed E-state index contributed by atoms with van der Waals surface area (Å²) in [5.41, 5.74) is 10.2. The highest BCUT2D eigenvalue weighted by Crippen LogP contribution is 2.30. The third-order valence-electron chi connectivity index (χ3n) is 9.63. The SMILES string of the molecule is NCCCC[C@@H](C(=O)NCc1ccccc1)N1Cc2[nH]c3ccccc3c2C[C@@H](NC(=O)C2CCN(C(=O)c3ccccc3)CC2)C1=O. The molecule has 2 aliphatic heterocycles. The van der Waals surface area contributed by atoms with E-state index in [1.807, 2.05) is 72.8 Å². The number of hydrogen-bond donors (Lipinski definition) is 4. The first-order valence-corrected chi connectivity index (χ1v) is 17.0. The third-order valence-corrected chi connectivity index (χ3v) is 9.63. The molecule has 0 saturated carbocycles. The van der Waals surface area contributed by atoms with Crippen LogP contribution in [-0.2, 0) is 33.9 Å². The molecular formula is C38H44N6O4. The van der Waals surface area contributed by atoms with Gasteiger partial charge < -0.3 is 31.2 Å². The van der Waals surface area contributed by atoms with Crippen LogP contribution >= 0.6 is 0 Å². The summed E-state index contributed by atoms with van der Waals surface area (Å²) in [5.74, 6) is -1.07. The van der Waals surface area contributed by atoms with Gasteiger partial charge in [-0.3, -0.25) is 19.2 Å². The Kier molecular flexibility index (Phi) is 10.5. The minimum Gasteiger partial charge on any atom is -0.357 e. The molecule has 0 spiro atoms. The molecule has 1 saturated heterocycles. The normalized spacial score (nSPS) is 17.4. The van der Waals surface area contributed by atoms with Crippen molar-refractivity contribution in [2.45, 2.75) is 63.7 Å². The lowest BCUT2D eigenvalue weighted by Crippen LogP contribution is -2.56. The van der Waals surface area contributed by atoms with Gasteiger partial charge in [0.15, 0.2) is 0 Å². The number of aromatic nitrogens is 1. The van der Waals surface area contributed by atoms with Crippen LogP contribution < -0.4 is 16.4 Å². The largest absolute Gasteiger partial charge is 0.357 e. The number of H-pyrrole nitrogens is 1. The number of piperidine rings is 1. The molecule has 2 aliphatic rings. The second-order valence-corrected chi connectivity index (χ2v) is 12.8. The number of likely N-dealkylation sites (tertiary alicyclic amines) is 1. The predicted molar refractivity (Wildman–Crippen MR) is 185 cm³/mol. The van der Waals surface area contributed by atoms with E-state index >= 15 is 0 Å². The van der Waals surface area contributed by atoms with Gasteiger partial charge >= 0.3 is 0 Å². The van der Waals surface area contributed by atoms with Crippen molar-refractivity contribution in [3.05, 3.63) is 107 Å². The monoisotopic (exact) mass is 648 g/mol. The van der Waals surface area contributed by atoms with Gasteiger partial charge in [0.1, 0.15) is 12.1 Å². The smallest absolute Gasteiger partial charge is 0.253 e. The van der Waals surface area contributed by atoms with Crippen LogP contribution in [0.3, 0.4) is 0 Å². The van der Waals surface area contributed by atoms with Crippen LogP contribution in [0.4, 0.5) is 0 Å². The first-order valence-electron chi connectivity index (χ1n) is 17.0. The van der Waals surface area contributed by atoms with Crippen LogP contribution in [0.2, 0.25) is 0 Å². The van der Waals surface area contributed by atoms with Gasteiger partial charge in [-0.15, -0.1) is 0 Å². The zero-order valence-corrected chi connectivity index (χ0v) is 27.2. The van der Waals surface area contributed by atoms with Crippen LogP contribution in [0.15, 0.2) is 84.9 Å². The zero-order chi connectivity index (χ0) is 33.5. The maximum atomic E-state index is 14.5. The summed E-state index contributed by atoms with van der Waals surface area (Å²) in [6, 6.07) is 25.2. The van der Waals surface area contributed by atoms with Crippen molar-refractivity contribution in [2.75, 3.05) is 19.6 Å². The summed E-state index contributed by atoms with van der Waals surface area (Å²) >= 11 is 0. The van der Waals surface area contributed by atoms with Gasteiger partial charge in [-0.25, -0.2) is 0 Å². The minimum absolute atomic E-state index is 0.0397.